The Hall–Kier alpha value is -2.84. The van der Waals surface area contributed by atoms with Crippen LogP contribution >= 0.6 is 0 Å². The van der Waals surface area contributed by atoms with Crippen LogP contribution < -0.4 is 0 Å². The maximum absolute atomic E-state index is 13.2. The van der Waals surface area contributed by atoms with Crippen molar-refractivity contribution in [2.45, 2.75) is 6.18 Å². The minimum atomic E-state index is -4.61. The van der Waals surface area contributed by atoms with Crippen LogP contribution in [0.4, 0.5) is 13.2 Å². The summed E-state index contributed by atoms with van der Waals surface area (Å²) in [6.07, 6.45) is 0.896. The molecule has 0 aliphatic heterocycles. The van der Waals surface area contributed by atoms with Gasteiger partial charge >= 0.3 is 12.1 Å². The van der Waals surface area contributed by atoms with Gasteiger partial charge in [-0.15, -0.1) is 0 Å². The van der Waals surface area contributed by atoms with E-state index in [2.05, 4.69) is 19.9 Å². The van der Waals surface area contributed by atoms with Crippen molar-refractivity contribution in [2.75, 3.05) is 7.11 Å². The van der Waals surface area contributed by atoms with Gasteiger partial charge in [-0.3, -0.25) is 5.10 Å². The number of aromatic nitrogens is 4. The van der Waals surface area contributed by atoms with Gasteiger partial charge in [-0.2, -0.15) is 18.3 Å². The Morgan fingerprint density at radius 3 is 2.68 bits per heavy atom. The molecule has 0 atom stereocenters. The molecule has 3 heterocycles. The summed E-state index contributed by atoms with van der Waals surface area (Å²) >= 11 is 0. The number of carbonyl (C=O) groups is 1. The minimum absolute atomic E-state index is 0.197. The summed E-state index contributed by atoms with van der Waals surface area (Å²) in [5.41, 5.74) is -0.720. The number of nitrogens with zero attached hydrogens (tertiary/aromatic N) is 3. The third kappa shape index (κ3) is 2.30. The van der Waals surface area contributed by atoms with Crippen LogP contribution in [0.2, 0.25) is 0 Å². The van der Waals surface area contributed by atoms with E-state index in [4.69, 9.17) is 0 Å². The van der Waals surface area contributed by atoms with Gasteiger partial charge in [-0.1, -0.05) is 0 Å². The smallest absolute Gasteiger partial charge is 0.420 e. The van der Waals surface area contributed by atoms with Gasteiger partial charge in [0.15, 0.2) is 5.69 Å². The van der Waals surface area contributed by atoms with Crippen molar-refractivity contribution in [1.82, 2.24) is 19.6 Å². The Labute approximate surface area is 121 Å². The van der Waals surface area contributed by atoms with Gasteiger partial charge in [0.05, 0.1) is 18.9 Å². The zero-order valence-corrected chi connectivity index (χ0v) is 11.2. The van der Waals surface area contributed by atoms with Crippen molar-refractivity contribution >= 4 is 11.6 Å². The molecule has 0 aliphatic carbocycles. The molecular weight excluding hydrogens is 301 g/mol. The van der Waals surface area contributed by atoms with Gasteiger partial charge in [0.25, 0.3) is 0 Å². The third-order valence-corrected chi connectivity index (χ3v) is 3.08. The first-order valence-corrected chi connectivity index (χ1v) is 6.07. The fourth-order valence-corrected chi connectivity index (χ4v) is 2.08. The number of halogens is 3. The summed E-state index contributed by atoms with van der Waals surface area (Å²) in [5.74, 6) is -0.804. The molecule has 0 amide bonds. The first kappa shape index (κ1) is 14.1. The number of methoxy groups -OCH3 is 1. The second-order valence-corrected chi connectivity index (χ2v) is 4.48. The standard InChI is InChI=1S/C13H9F3N4O2/c1-22-12(21)10-6-20-5-7(8-3-17-18-4-8)2-9(11(20)19-10)13(14,15)16/h2-6H,1H3,(H,17,18). The normalized spacial score (nSPS) is 11.8. The molecule has 0 bridgehead atoms. The number of nitrogens with one attached hydrogen (secondary N) is 1. The number of carbonyl (C=O) groups excluding carboxylic acids is 1. The van der Waals surface area contributed by atoms with Crippen molar-refractivity contribution in [2.24, 2.45) is 0 Å². The van der Waals surface area contributed by atoms with Crippen LogP contribution in [0, 0.1) is 0 Å². The van der Waals surface area contributed by atoms with Crippen LogP contribution in [-0.4, -0.2) is 32.7 Å². The topological polar surface area (TPSA) is 72.3 Å². The summed E-state index contributed by atoms with van der Waals surface area (Å²) in [7, 11) is 1.13. The van der Waals surface area contributed by atoms with Crippen LogP contribution in [0.25, 0.3) is 16.8 Å². The van der Waals surface area contributed by atoms with Gasteiger partial charge in [0.1, 0.15) is 5.65 Å². The molecule has 9 heteroatoms. The van der Waals surface area contributed by atoms with Crippen molar-refractivity contribution in [3.8, 4) is 11.1 Å². The number of ether oxygens (including phenoxy) is 1. The van der Waals surface area contributed by atoms with E-state index < -0.39 is 17.7 Å². The summed E-state index contributed by atoms with van der Waals surface area (Å²) < 4.78 is 45.3. The zero-order valence-electron chi connectivity index (χ0n) is 11.2. The molecule has 114 valence electrons. The number of esters is 1. The highest BCUT2D eigenvalue weighted by molar-refractivity contribution is 5.88. The molecule has 22 heavy (non-hydrogen) atoms. The van der Waals surface area contributed by atoms with Crippen LogP contribution in [0.3, 0.4) is 0 Å². The molecule has 6 nitrogen and oxygen atoms in total. The lowest BCUT2D eigenvalue weighted by atomic mass is 10.1. The van der Waals surface area contributed by atoms with E-state index in [1.165, 1.54) is 24.8 Å². The number of fused-ring (bicyclic) bond motifs is 1. The molecular formula is C13H9F3N4O2. The van der Waals surface area contributed by atoms with E-state index in [0.717, 1.165) is 17.6 Å². The van der Waals surface area contributed by atoms with Crippen molar-refractivity contribution in [3.05, 3.63) is 42.1 Å². The lowest BCUT2D eigenvalue weighted by molar-refractivity contribution is -0.136. The predicted molar refractivity (Wildman–Crippen MR) is 69.1 cm³/mol. The zero-order chi connectivity index (χ0) is 15.9. The van der Waals surface area contributed by atoms with E-state index in [0.29, 0.717) is 11.1 Å². The molecule has 0 saturated carbocycles. The number of aromatic amines is 1. The molecule has 3 aromatic rings. The van der Waals surface area contributed by atoms with Crippen molar-refractivity contribution < 1.29 is 22.7 Å². The number of H-pyrrole nitrogens is 1. The van der Waals surface area contributed by atoms with E-state index in [1.54, 1.807) is 0 Å². The molecule has 0 unspecified atom stereocenters. The van der Waals surface area contributed by atoms with Crippen LogP contribution in [0.1, 0.15) is 16.1 Å². The van der Waals surface area contributed by atoms with Crippen molar-refractivity contribution in [3.63, 3.8) is 0 Å². The van der Waals surface area contributed by atoms with Gasteiger partial charge in [-0.25, -0.2) is 9.78 Å². The highest BCUT2D eigenvalue weighted by Gasteiger charge is 2.35. The molecule has 0 spiro atoms. The number of hydrogen-bond donors (Lipinski definition) is 1. The molecule has 0 aliphatic rings. The minimum Gasteiger partial charge on any atom is -0.464 e. The number of imidazole rings is 1. The van der Waals surface area contributed by atoms with Gasteiger partial charge in [0.2, 0.25) is 0 Å². The maximum Gasteiger partial charge on any atom is 0.420 e. The Bertz CT molecular complexity index is 837. The summed E-state index contributed by atoms with van der Waals surface area (Å²) in [6.45, 7) is 0. The Morgan fingerprint density at radius 1 is 1.32 bits per heavy atom. The average Bonchev–Trinajstić information content (AvgIpc) is 3.12. The molecule has 3 rings (SSSR count). The Balaban J connectivity index is 2.28. The third-order valence-electron chi connectivity index (χ3n) is 3.08. The quantitative estimate of drug-likeness (QED) is 0.738. The number of alkyl halides is 3. The number of rotatable bonds is 2. The van der Waals surface area contributed by atoms with E-state index >= 15 is 0 Å². The number of hydrogen-bond acceptors (Lipinski definition) is 4. The van der Waals surface area contributed by atoms with Gasteiger partial charge in [-0.05, 0) is 6.07 Å². The lowest BCUT2D eigenvalue weighted by Crippen LogP contribution is -2.08. The second kappa shape index (κ2) is 4.86. The molecule has 0 aromatic carbocycles. The summed E-state index contributed by atoms with van der Waals surface area (Å²) in [5, 5.41) is 6.25. The summed E-state index contributed by atoms with van der Waals surface area (Å²) in [4.78, 5) is 15.2. The number of pyridine rings is 1. The SMILES string of the molecule is COC(=O)c1cn2cc(-c3cn[nH]c3)cc(C(F)(F)F)c2n1. The fourth-order valence-electron chi connectivity index (χ4n) is 2.08. The van der Waals surface area contributed by atoms with Gasteiger partial charge in [0, 0.05) is 29.7 Å². The maximum atomic E-state index is 13.2. The van der Waals surface area contributed by atoms with E-state index in [1.807, 2.05) is 0 Å². The van der Waals surface area contributed by atoms with Crippen molar-refractivity contribution in [1.29, 1.82) is 0 Å². The second-order valence-electron chi connectivity index (χ2n) is 4.48. The predicted octanol–water partition coefficient (Wildman–Crippen LogP) is 2.53. The van der Waals surface area contributed by atoms with Gasteiger partial charge < -0.3 is 9.14 Å². The Kier molecular flexibility index (Phi) is 3.12. The largest absolute Gasteiger partial charge is 0.464 e. The molecule has 0 radical (unpaired) electrons. The molecule has 3 aromatic heterocycles. The van der Waals surface area contributed by atoms with Crippen LogP contribution in [0.15, 0.2) is 30.9 Å². The molecule has 0 saturated heterocycles. The monoisotopic (exact) mass is 310 g/mol. The molecule has 1 N–H and O–H groups in total. The fraction of sp³-hybridized carbons (Fsp3) is 0.154. The molecule has 0 fully saturated rings. The first-order valence-electron chi connectivity index (χ1n) is 6.07. The highest BCUT2D eigenvalue weighted by atomic mass is 19.4. The first-order chi connectivity index (χ1) is 10.4. The highest BCUT2D eigenvalue weighted by Crippen LogP contribution is 2.35. The summed E-state index contributed by atoms with van der Waals surface area (Å²) in [6, 6.07) is 0.967. The lowest BCUT2D eigenvalue weighted by Gasteiger charge is -2.10. The van der Waals surface area contributed by atoms with Crippen LogP contribution in [-0.2, 0) is 10.9 Å². The average molecular weight is 310 g/mol. The van der Waals surface area contributed by atoms with Crippen LogP contribution in [0.5, 0.6) is 0 Å². The Morgan fingerprint density at radius 2 is 2.09 bits per heavy atom. The van der Waals surface area contributed by atoms with E-state index in [-0.39, 0.29) is 11.3 Å². The van der Waals surface area contributed by atoms with E-state index in [9.17, 15) is 18.0 Å².